The third kappa shape index (κ3) is 7.20. The number of benzene rings is 2. The minimum atomic E-state index is -0.868. The van der Waals surface area contributed by atoms with Crippen molar-refractivity contribution in [2.45, 2.75) is 90.3 Å². The quantitative estimate of drug-likeness (QED) is 0.397. The number of nitrogens with one attached hydrogen (secondary N) is 1. The Balaban J connectivity index is 1.47. The van der Waals surface area contributed by atoms with Crippen LogP contribution in [0.1, 0.15) is 86.7 Å². The summed E-state index contributed by atoms with van der Waals surface area (Å²) in [6.07, 6.45) is 7.60. The van der Waals surface area contributed by atoms with Crippen molar-refractivity contribution in [3.63, 3.8) is 0 Å². The fraction of sp³-hybridized carbons (Fsp3) is 0.548. The highest BCUT2D eigenvalue weighted by atomic mass is 16.3. The van der Waals surface area contributed by atoms with Crippen LogP contribution in [0.25, 0.3) is 0 Å². The lowest BCUT2D eigenvalue weighted by Gasteiger charge is -2.40. The summed E-state index contributed by atoms with van der Waals surface area (Å²) in [7, 11) is 0. The van der Waals surface area contributed by atoms with Crippen molar-refractivity contribution in [1.82, 2.24) is 5.32 Å². The van der Waals surface area contributed by atoms with E-state index in [2.05, 4.69) is 43.4 Å². The van der Waals surface area contributed by atoms with Gasteiger partial charge in [-0.25, -0.2) is 0 Å². The van der Waals surface area contributed by atoms with E-state index in [1.807, 2.05) is 18.2 Å². The molecule has 1 saturated carbocycles. The molecule has 37 heavy (non-hydrogen) atoms. The van der Waals surface area contributed by atoms with E-state index in [4.69, 9.17) is 5.73 Å². The summed E-state index contributed by atoms with van der Waals surface area (Å²) in [6, 6.07) is 16.1. The molecule has 2 fully saturated rings. The molecule has 4 rings (SSSR count). The number of aliphatic hydroxyl groups is 1. The van der Waals surface area contributed by atoms with Gasteiger partial charge >= 0.3 is 0 Å². The van der Waals surface area contributed by atoms with Gasteiger partial charge in [-0.1, -0.05) is 63.4 Å². The molecule has 2 aromatic rings. The number of nitrogens with two attached hydrogens (primary N) is 1. The third-order valence-electron chi connectivity index (χ3n) is 7.96. The van der Waals surface area contributed by atoms with Gasteiger partial charge in [0.25, 0.3) is 5.91 Å². The largest absolute Gasteiger partial charge is 0.390 e. The van der Waals surface area contributed by atoms with Gasteiger partial charge in [-0.05, 0) is 79.2 Å². The van der Waals surface area contributed by atoms with Gasteiger partial charge < -0.3 is 21.1 Å². The Morgan fingerprint density at radius 2 is 1.78 bits per heavy atom. The average Bonchev–Trinajstić information content (AvgIpc) is 3.30. The predicted octanol–water partition coefficient (Wildman–Crippen LogP) is 4.97. The minimum absolute atomic E-state index is 0.0121. The Morgan fingerprint density at radius 3 is 2.43 bits per heavy atom. The fourth-order valence-corrected chi connectivity index (χ4v) is 6.16. The normalized spacial score (nSPS) is 19.2. The van der Waals surface area contributed by atoms with Crippen LogP contribution in [0, 0.1) is 11.3 Å². The van der Waals surface area contributed by atoms with Gasteiger partial charge in [-0.2, -0.15) is 0 Å². The number of anilines is 1. The van der Waals surface area contributed by atoms with Gasteiger partial charge in [0, 0.05) is 24.2 Å². The van der Waals surface area contributed by atoms with Crippen LogP contribution in [0.4, 0.5) is 5.69 Å². The monoisotopic (exact) mass is 505 g/mol. The Labute approximate surface area is 221 Å². The SMILES string of the molecule is CC(C)Cc1cc(C(=O)NC(N)C(O)CC2(Cc3ccccc3)CCCCC2)cc(N2CCCC2=O)c1. The van der Waals surface area contributed by atoms with Crippen molar-refractivity contribution in [3.05, 3.63) is 65.2 Å². The van der Waals surface area contributed by atoms with E-state index < -0.39 is 12.3 Å². The zero-order chi connectivity index (χ0) is 26.4. The van der Waals surface area contributed by atoms with Crippen molar-refractivity contribution in [2.24, 2.45) is 17.1 Å². The fourth-order valence-electron chi connectivity index (χ4n) is 6.16. The first kappa shape index (κ1) is 27.3. The number of hydrogen-bond acceptors (Lipinski definition) is 4. The lowest BCUT2D eigenvalue weighted by atomic mass is 9.67. The highest BCUT2D eigenvalue weighted by Gasteiger charge is 2.36. The summed E-state index contributed by atoms with van der Waals surface area (Å²) in [4.78, 5) is 27.5. The molecule has 0 bridgehead atoms. The van der Waals surface area contributed by atoms with Crippen molar-refractivity contribution in [1.29, 1.82) is 0 Å². The molecule has 1 aliphatic heterocycles. The number of hydrogen-bond donors (Lipinski definition) is 3. The maximum atomic E-state index is 13.3. The average molecular weight is 506 g/mol. The maximum Gasteiger partial charge on any atom is 0.252 e. The summed E-state index contributed by atoms with van der Waals surface area (Å²) >= 11 is 0. The molecule has 200 valence electrons. The Bertz CT molecular complexity index is 1060. The van der Waals surface area contributed by atoms with E-state index in [1.54, 1.807) is 11.0 Å². The molecular formula is C31H43N3O3. The van der Waals surface area contributed by atoms with Crippen LogP contribution in [-0.2, 0) is 17.6 Å². The zero-order valence-electron chi connectivity index (χ0n) is 22.4. The Kier molecular flexibility index (Phi) is 9.04. The molecule has 2 amide bonds. The molecule has 1 heterocycles. The standard InChI is InChI=1S/C31H43N3O3/c1-22(2)16-24-17-25(19-26(18-24)34-15-9-12-28(34)36)30(37)33-29(32)27(35)21-31(13-7-4-8-14-31)20-23-10-5-3-6-11-23/h3,5-6,10-11,17-19,22,27,29,35H,4,7-9,12-16,20-21,32H2,1-2H3,(H,33,37). The first-order valence-electron chi connectivity index (χ1n) is 14.0. The lowest BCUT2D eigenvalue weighted by molar-refractivity contribution is -0.117. The predicted molar refractivity (Wildman–Crippen MR) is 148 cm³/mol. The molecule has 6 nitrogen and oxygen atoms in total. The summed E-state index contributed by atoms with van der Waals surface area (Å²) in [5.41, 5.74) is 9.92. The topological polar surface area (TPSA) is 95.7 Å². The second kappa shape index (κ2) is 12.2. The molecule has 0 spiro atoms. The number of carbonyl (C=O) groups excluding carboxylic acids is 2. The highest BCUT2D eigenvalue weighted by molar-refractivity contribution is 5.99. The van der Waals surface area contributed by atoms with Gasteiger partial charge in [0.15, 0.2) is 0 Å². The van der Waals surface area contributed by atoms with Gasteiger partial charge in [-0.3, -0.25) is 9.59 Å². The van der Waals surface area contributed by atoms with Crippen LogP contribution < -0.4 is 16.0 Å². The second-order valence-electron chi connectivity index (χ2n) is 11.6. The number of nitrogens with zero attached hydrogens (tertiary/aromatic N) is 1. The van der Waals surface area contributed by atoms with Crippen LogP contribution in [0.15, 0.2) is 48.5 Å². The summed E-state index contributed by atoms with van der Waals surface area (Å²) in [6.45, 7) is 4.94. The molecule has 0 radical (unpaired) electrons. The van der Waals surface area contributed by atoms with E-state index in [-0.39, 0.29) is 17.2 Å². The molecule has 2 aliphatic rings. The molecule has 2 aromatic carbocycles. The minimum Gasteiger partial charge on any atom is -0.390 e. The van der Waals surface area contributed by atoms with Gasteiger partial charge in [-0.15, -0.1) is 0 Å². The van der Waals surface area contributed by atoms with Crippen molar-refractivity contribution in [3.8, 4) is 0 Å². The summed E-state index contributed by atoms with van der Waals surface area (Å²) < 4.78 is 0. The Morgan fingerprint density at radius 1 is 1.05 bits per heavy atom. The number of amides is 2. The molecule has 1 saturated heterocycles. The van der Waals surface area contributed by atoms with Crippen molar-refractivity contribution < 1.29 is 14.7 Å². The molecule has 6 heteroatoms. The van der Waals surface area contributed by atoms with E-state index in [0.29, 0.717) is 30.9 Å². The second-order valence-corrected chi connectivity index (χ2v) is 11.6. The Hall–Kier alpha value is -2.70. The third-order valence-corrected chi connectivity index (χ3v) is 7.96. The first-order chi connectivity index (χ1) is 17.7. The van der Waals surface area contributed by atoms with Gasteiger partial charge in [0.1, 0.15) is 6.17 Å². The van der Waals surface area contributed by atoms with E-state index in [0.717, 1.165) is 56.2 Å². The summed E-state index contributed by atoms with van der Waals surface area (Å²) in [5.74, 6) is 0.197. The molecule has 2 atom stereocenters. The maximum absolute atomic E-state index is 13.3. The van der Waals surface area contributed by atoms with Gasteiger partial charge in [0.05, 0.1) is 6.10 Å². The van der Waals surface area contributed by atoms with Crippen LogP contribution in [-0.4, -0.2) is 35.7 Å². The number of rotatable bonds is 10. The van der Waals surface area contributed by atoms with Crippen molar-refractivity contribution >= 4 is 17.5 Å². The number of aliphatic hydroxyl groups excluding tert-OH is 1. The zero-order valence-corrected chi connectivity index (χ0v) is 22.4. The van der Waals surface area contributed by atoms with Crippen LogP contribution in [0.5, 0.6) is 0 Å². The van der Waals surface area contributed by atoms with E-state index in [1.165, 1.54) is 12.0 Å². The van der Waals surface area contributed by atoms with Crippen LogP contribution in [0.3, 0.4) is 0 Å². The highest BCUT2D eigenvalue weighted by Crippen LogP contribution is 2.43. The molecular weight excluding hydrogens is 462 g/mol. The number of carbonyl (C=O) groups is 2. The van der Waals surface area contributed by atoms with E-state index >= 15 is 0 Å². The molecule has 2 unspecified atom stereocenters. The van der Waals surface area contributed by atoms with E-state index in [9.17, 15) is 14.7 Å². The van der Waals surface area contributed by atoms with Crippen molar-refractivity contribution in [2.75, 3.05) is 11.4 Å². The summed E-state index contributed by atoms with van der Waals surface area (Å²) in [5, 5.41) is 14.0. The van der Waals surface area contributed by atoms with Crippen LogP contribution >= 0.6 is 0 Å². The smallest absolute Gasteiger partial charge is 0.252 e. The van der Waals surface area contributed by atoms with Gasteiger partial charge in [0.2, 0.25) is 5.91 Å². The first-order valence-corrected chi connectivity index (χ1v) is 14.0. The molecule has 4 N–H and O–H groups in total. The van der Waals surface area contributed by atoms with Crippen LogP contribution in [0.2, 0.25) is 0 Å². The molecule has 1 aliphatic carbocycles. The molecule has 0 aromatic heterocycles. The lowest BCUT2D eigenvalue weighted by Crippen LogP contribution is -2.51.